The molecule has 1 aliphatic carbocycles. The molecule has 2 atom stereocenters. The molecule has 0 unspecified atom stereocenters. The van der Waals surface area contributed by atoms with Crippen LogP contribution in [0.4, 0.5) is 0 Å². The minimum atomic E-state index is -0.179. The summed E-state index contributed by atoms with van der Waals surface area (Å²) in [5, 5.41) is 16.2. The van der Waals surface area contributed by atoms with Gasteiger partial charge in [0.15, 0.2) is 0 Å². The lowest BCUT2D eigenvalue weighted by Crippen LogP contribution is -2.41. The Labute approximate surface area is 79.9 Å². The quantitative estimate of drug-likeness (QED) is 0.583. The molecule has 2 rings (SSSR count). The van der Waals surface area contributed by atoms with Crippen LogP contribution in [0.25, 0.3) is 0 Å². The fraction of sp³-hybridized carbons (Fsp3) is 1.00. The normalized spacial score (nSPS) is 35.8. The van der Waals surface area contributed by atoms with Crippen LogP contribution >= 0.6 is 0 Å². The van der Waals surface area contributed by atoms with Crippen molar-refractivity contribution in [3.05, 3.63) is 0 Å². The molecular formula is C10H20N2O. The second kappa shape index (κ2) is 4.40. The highest BCUT2D eigenvalue weighted by Gasteiger charge is 2.25. The van der Waals surface area contributed by atoms with Gasteiger partial charge in [0, 0.05) is 19.1 Å². The molecule has 3 N–H and O–H groups in total. The molecule has 1 heterocycles. The molecule has 1 aliphatic heterocycles. The van der Waals surface area contributed by atoms with Crippen LogP contribution in [0, 0.1) is 5.92 Å². The topological polar surface area (TPSA) is 44.3 Å². The predicted molar refractivity (Wildman–Crippen MR) is 52.6 cm³/mol. The van der Waals surface area contributed by atoms with E-state index in [0.29, 0.717) is 6.04 Å². The summed E-state index contributed by atoms with van der Waals surface area (Å²) in [5.41, 5.74) is 0. The molecule has 76 valence electrons. The summed E-state index contributed by atoms with van der Waals surface area (Å²) in [4.78, 5) is 0. The molecular weight excluding hydrogens is 164 g/mol. The van der Waals surface area contributed by atoms with Gasteiger partial charge in [0.25, 0.3) is 0 Å². The van der Waals surface area contributed by atoms with Gasteiger partial charge in [-0.05, 0) is 25.3 Å². The van der Waals surface area contributed by atoms with Gasteiger partial charge < -0.3 is 15.7 Å². The van der Waals surface area contributed by atoms with Crippen molar-refractivity contribution in [1.82, 2.24) is 10.6 Å². The number of β-amino-alcohol motifs (C(OH)–C–C–N with tert-alkyl or cyclic N) is 1. The Bertz CT molecular complexity index is 157. The monoisotopic (exact) mass is 184 g/mol. The summed E-state index contributed by atoms with van der Waals surface area (Å²) in [7, 11) is 0. The van der Waals surface area contributed by atoms with E-state index in [-0.39, 0.29) is 6.10 Å². The van der Waals surface area contributed by atoms with Crippen LogP contribution in [0.15, 0.2) is 0 Å². The number of rotatable bonds is 3. The SMILES string of the molecule is O[C@@H]1CNC[C@H]1NCC1CCCC1. The molecule has 13 heavy (non-hydrogen) atoms. The van der Waals surface area contributed by atoms with Crippen molar-refractivity contribution in [2.24, 2.45) is 5.92 Å². The number of aliphatic hydroxyl groups excluding tert-OH is 1. The molecule has 1 saturated carbocycles. The predicted octanol–water partition coefficient (Wildman–Crippen LogP) is 0.0989. The molecule has 0 spiro atoms. The average Bonchev–Trinajstić information content (AvgIpc) is 2.72. The lowest BCUT2D eigenvalue weighted by molar-refractivity contribution is 0.160. The number of hydrogen-bond acceptors (Lipinski definition) is 3. The third kappa shape index (κ3) is 2.42. The molecule has 0 aromatic rings. The Morgan fingerprint density at radius 1 is 1.23 bits per heavy atom. The Hall–Kier alpha value is -0.120. The molecule has 2 fully saturated rings. The smallest absolute Gasteiger partial charge is 0.0829 e. The lowest BCUT2D eigenvalue weighted by Gasteiger charge is -2.18. The van der Waals surface area contributed by atoms with Crippen molar-refractivity contribution in [1.29, 1.82) is 0 Å². The fourth-order valence-corrected chi connectivity index (χ4v) is 2.41. The first-order valence-corrected chi connectivity index (χ1v) is 5.48. The van der Waals surface area contributed by atoms with E-state index in [9.17, 15) is 5.11 Å². The molecule has 0 aromatic carbocycles. The molecule has 0 amide bonds. The molecule has 0 bridgehead atoms. The van der Waals surface area contributed by atoms with Crippen LogP contribution in [0.3, 0.4) is 0 Å². The van der Waals surface area contributed by atoms with Crippen LogP contribution < -0.4 is 10.6 Å². The van der Waals surface area contributed by atoms with Crippen LogP contribution in [0.2, 0.25) is 0 Å². The maximum Gasteiger partial charge on any atom is 0.0829 e. The van der Waals surface area contributed by atoms with Gasteiger partial charge in [0.1, 0.15) is 0 Å². The Morgan fingerprint density at radius 2 is 2.00 bits per heavy atom. The maximum absolute atomic E-state index is 9.54. The summed E-state index contributed by atoms with van der Waals surface area (Å²) >= 11 is 0. The third-order valence-electron chi connectivity index (χ3n) is 3.33. The van der Waals surface area contributed by atoms with E-state index in [1.807, 2.05) is 0 Å². The largest absolute Gasteiger partial charge is 0.390 e. The lowest BCUT2D eigenvalue weighted by atomic mass is 10.1. The zero-order valence-corrected chi connectivity index (χ0v) is 8.13. The fourth-order valence-electron chi connectivity index (χ4n) is 2.41. The third-order valence-corrected chi connectivity index (χ3v) is 3.33. The Balaban J connectivity index is 1.66. The summed E-state index contributed by atoms with van der Waals surface area (Å²) in [6, 6.07) is 0.292. The standard InChI is InChI=1S/C10H20N2O/c13-10-7-11-6-9(10)12-5-8-3-1-2-4-8/h8-13H,1-7H2/t9-,10-/m1/s1. The van der Waals surface area contributed by atoms with E-state index in [1.165, 1.54) is 25.7 Å². The minimum Gasteiger partial charge on any atom is -0.390 e. The van der Waals surface area contributed by atoms with E-state index in [4.69, 9.17) is 0 Å². The van der Waals surface area contributed by atoms with E-state index >= 15 is 0 Å². The minimum absolute atomic E-state index is 0.179. The molecule has 2 aliphatic rings. The maximum atomic E-state index is 9.54. The molecule has 1 saturated heterocycles. The van der Waals surface area contributed by atoms with Gasteiger partial charge in [-0.15, -0.1) is 0 Å². The highest BCUT2D eigenvalue weighted by Crippen LogP contribution is 2.23. The zero-order valence-electron chi connectivity index (χ0n) is 8.13. The second-order valence-electron chi connectivity index (χ2n) is 4.39. The number of hydrogen-bond donors (Lipinski definition) is 3. The first-order valence-electron chi connectivity index (χ1n) is 5.48. The number of nitrogens with one attached hydrogen (secondary N) is 2. The molecule has 3 nitrogen and oxygen atoms in total. The summed E-state index contributed by atoms with van der Waals surface area (Å²) < 4.78 is 0. The van der Waals surface area contributed by atoms with E-state index in [1.54, 1.807) is 0 Å². The highest BCUT2D eigenvalue weighted by atomic mass is 16.3. The van der Waals surface area contributed by atoms with E-state index < -0.39 is 0 Å². The van der Waals surface area contributed by atoms with Gasteiger partial charge >= 0.3 is 0 Å². The Kier molecular flexibility index (Phi) is 3.19. The van der Waals surface area contributed by atoms with Crippen LogP contribution in [-0.4, -0.2) is 36.9 Å². The van der Waals surface area contributed by atoms with Crippen molar-refractivity contribution >= 4 is 0 Å². The van der Waals surface area contributed by atoms with Crippen molar-refractivity contribution < 1.29 is 5.11 Å². The first-order chi connectivity index (χ1) is 6.36. The van der Waals surface area contributed by atoms with Gasteiger partial charge in [-0.25, -0.2) is 0 Å². The summed E-state index contributed by atoms with van der Waals surface area (Å²) in [6.45, 7) is 2.78. The summed E-state index contributed by atoms with van der Waals surface area (Å²) in [6.07, 6.45) is 5.38. The van der Waals surface area contributed by atoms with Gasteiger partial charge in [-0.2, -0.15) is 0 Å². The van der Waals surface area contributed by atoms with Crippen molar-refractivity contribution in [3.8, 4) is 0 Å². The van der Waals surface area contributed by atoms with Gasteiger partial charge in [-0.1, -0.05) is 12.8 Å². The molecule has 3 heteroatoms. The van der Waals surface area contributed by atoms with Crippen LogP contribution in [0.1, 0.15) is 25.7 Å². The second-order valence-corrected chi connectivity index (χ2v) is 4.39. The zero-order chi connectivity index (χ0) is 9.10. The molecule has 0 radical (unpaired) electrons. The van der Waals surface area contributed by atoms with Gasteiger partial charge in [0.2, 0.25) is 0 Å². The van der Waals surface area contributed by atoms with E-state index in [0.717, 1.165) is 25.6 Å². The average molecular weight is 184 g/mol. The van der Waals surface area contributed by atoms with Gasteiger partial charge in [-0.3, -0.25) is 0 Å². The van der Waals surface area contributed by atoms with Crippen LogP contribution in [0.5, 0.6) is 0 Å². The van der Waals surface area contributed by atoms with Crippen LogP contribution in [-0.2, 0) is 0 Å². The first kappa shape index (κ1) is 9.44. The summed E-state index contributed by atoms with van der Waals surface area (Å²) in [5.74, 6) is 0.868. The van der Waals surface area contributed by atoms with Crippen molar-refractivity contribution in [3.63, 3.8) is 0 Å². The van der Waals surface area contributed by atoms with Gasteiger partial charge in [0.05, 0.1) is 6.10 Å². The highest BCUT2D eigenvalue weighted by molar-refractivity contribution is 4.87. The number of aliphatic hydroxyl groups is 1. The van der Waals surface area contributed by atoms with Crippen molar-refractivity contribution in [2.45, 2.75) is 37.8 Å². The van der Waals surface area contributed by atoms with E-state index in [2.05, 4.69) is 10.6 Å². The Morgan fingerprint density at radius 3 is 2.62 bits per heavy atom. The molecule has 0 aromatic heterocycles. The van der Waals surface area contributed by atoms with Crippen molar-refractivity contribution in [2.75, 3.05) is 19.6 Å².